The van der Waals surface area contributed by atoms with Gasteiger partial charge in [-0.1, -0.05) is 13.8 Å². The molecule has 0 saturated carbocycles. The Hall–Kier alpha value is -0.0800. The summed E-state index contributed by atoms with van der Waals surface area (Å²) in [5, 5.41) is 3.44. The minimum atomic E-state index is 0.661. The summed E-state index contributed by atoms with van der Waals surface area (Å²) in [5.74, 6) is 0.728. The summed E-state index contributed by atoms with van der Waals surface area (Å²) in [4.78, 5) is 2.28. The largest absolute Gasteiger partial charge is 0.316 e. The number of hydrogen-bond acceptors (Lipinski definition) is 2. The first-order chi connectivity index (χ1) is 5.59. The maximum atomic E-state index is 3.44. The third-order valence-electron chi connectivity index (χ3n) is 2.53. The van der Waals surface area contributed by atoms with E-state index in [1.165, 1.54) is 6.42 Å². The van der Waals surface area contributed by atoms with Crippen LogP contribution in [0.25, 0.3) is 0 Å². The zero-order chi connectivity index (χ0) is 9.56. The Morgan fingerprint density at radius 1 is 1.25 bits per heavy atom. The van der Waals surface area contributed by atoms with Gasteiger partial charge in [0.25, 0.3) is 0 Å². The first-order valence-corrected chi connectivity index (χ1v) is 4.96. The van der Waals surface area contributed by atoms with E-state index in [2.05, 4.69) is 45.1 Å². The molecule has 1 N–H and O–H groups in total. The molecule has 0 radical (unpaired) electrons. The van der Waals surface area contributed by atoms with Crippen molar-refractivity contribution >= 4 is 0 Å². The van der Waals surface area contributed by atoms with Crippen molar-refractivity contribution in [3.63, 3.8) is 0 Å². The molecule has 0 aliphatic carbocycles. The lowest BCUT2D eigenvalue weighted by Gasteiger charge is -2.26. The molecule has 2 atom stereocenters. The molecule has 0 aromatic heterocycles. The van der Waals surface area contributed by atoms with Gasteiger partial charge in [-0.05, 0) is 46.4 Å². The quantitative estimate of drug-likeness (QED) is 0.612. The first kappa shape index (κ1) is 11.9. The molecular weight excluding hydrogens is 148 g/mol. The van der Waals surface area contributed by atoms with E-state index in [-0.39, 0.29) is 0 Å². The average molecular weight is 172 g/mol. The molecule has 0 rings (SSSR count). The Balaban J connectivity index is 3.49. The number of hydrogen-bond donors (Lipinski definition) is 1. The van der Waals surface area contributed by atoms with Gasteiger partial charge in [-0.25, -0.2) is 0 Å². The standard InChI is InChI=1S/C10H24N2/c1-6-7-11-8-9(2)10(3)12(4)5/h9-11H,6-8H2,1-5H3. The summed E-state index contributed by atoms with van der Waals surface area (Å²) in [6.07, 6.45) is 1.23. The minimum absolute atomic E-state index is 0.661. The van der Waals surface area contributed by atoms with Crippen molar-refractivity contribution in [2.45, 2.75) is 33.2 Å². The van der Waals surface area contributed by atoms with Gasteiger partial charge >= 0.3 is 0 Å². The van der Waals surface area contributed by atoms with Gasteiger partial charge in [0.05, 0.1) is 0 Å². The first-order valence-electron chi connectivity index (χ1n) is 4.96. The number of rotatable bonds is 6. The Kier molecular flexibility index (Phi) is 6.39. The van der Waals surface area contributed by atoms with E-state index in [4.69, 9.17) is 0 Å². The van der Waals surface area contributed by atoms with E-state index in [1.54, 1.807) is 0 Å². The van der Waals surface area contributed by atoms with Crippen LogP contribution < -0.4 is 5.32 Å². The fourth-order valence-electron chi connectivity index (χ4n) is 1.19. The molecule has 0 saturated heterocycles. The molecule has 0 amide bonds. The second kappa shape index (κ2) is 6.44. The number of nitrogens with one attached hydrogen (secondary N) is 1. The van der Waals surface area contributed by atoms with E-state index in [1.807, 2.05) is 0 Å². The van der Waals surface area contributed by atoms with Crippen molar-refractivity contribution in [3.8, 4) is 0 Å². The molecule has 2 unspecified atom stereocenters. The SMILES string of the molecule is CCCNCC(C)C(C)N(C)C. The molecule has 0 bridgehead atoms. The van der Waals surface area contributed by atoms with Crippen LogP contribution in [0.1, 0.15) is 27.2 Å². The predicted octanol–water partition coefficient (Wildman–Crippen LogP) is 1.57. The maximum Gasteiger partial charge on any atom is 0.00985 e. The van der Waals surface area contributed by atoms with Gasteiger partial charge in [-0.2, -0.15) is 0 Å². The van der Waals surface area contributed by atoms with Crippen LogP contribution in [0.15, 0.2) is 0 Å². The highest BCUT2D eigenvalue weighted by Gasteiger charge is 2.12. The Bertz CT molecular complexity index is 102. The number of nitrogens with zero attached hydrogens (tertiary/aromatic N) is 1. The topological polar surface area (TPSA) is 15.3 Å². The third-order valence-corrected chi connectivity index (χ3v) is 2.53. The van der Waals surface area contributed by atoms with Gasteiger partial charge in [-0.15, -0.1) is 0 Å². The van der Waals surface area contributed by atoms with Crippen molar-refractivity contribution in [1.82, 2.24) is 10.2 Å². The van der Waals surface area contributed by atoms with E-state index >= 15 is 0 Å². The fraction of sp³-hybridized carbons (Fsp3) is 1.00. The van der Waals surface area contributed by atoms with Crippen molar-refractivity contribution in [3.05, 3.63) is 0 Å². The lowest BCUT2D eigenvalue weighted by Crippen LogP contribution is -2.36. The molecule has 2 nitrogen and oxygen atoms in total. The van der Waals surface area contributed by atoms with E-state index in [0.29, 0.717) is 6.04 Å². The molecular formula is C10H24N2. The highest BCUT2D eigenvalue weighted by molar-refractivity contribution is 4.69. The van der Waals surface area contributed by atoms with Gasteiger partial charge in [0.15, 0.2) is 0 Å². The van der Waals surface area contributed by atoms with Crippen molar-refractivity contribution in [1.29, 1.82) is 0 Å². The monoisotopic (exact) mass is 172 g/mol. The van der Waals surface area contributed by atoms with Crippen molar-refractivity contribution in [2.75, 3.05) is 27.2 Å². The summed E-state index contributed by atoms with van der Waals surface area (Å²) < 4.78 is 0. The smallest absolute Gasteiger partial charge is 0.00985 e. The summed E-state index contributed by atoms with van der Waals surface area (Å²) >= 11 is 0. The Morgan fingerprint density at radius 2 is 1.83 bits per heavy atom. The van der Waals surface area contributed by atoms with Crippen LogP contribution in [-0.4, -0.2) is 38.1 Å². The summed E-state index contributed by atoms with van der Waals surface area (Å²) in [6, 6.07) is 0.661. The highest BCUT2D eigenvalue weighted by Crippen LogP contribution is 2.05. The molecule has 0 aliphatic rings. The molecule has 0 aromatic rings. The summed E-state index contributed by atoms with van der Waals surface area (Å²) in [7, 11) is 4.28. The van der Waals surface area contributed by atoms with Gasteiger partial charge in [0, 0.05) is 6.04 Å². The predicted molar refractivity (Wildman–Crippen MR) is 55.5 cm³/mol. The van der Waals surface area contributed by atoms with Gasteiger partial charge in [0.1, 0.15) is 0 Å². The van der Waals surface area contributed by atoms with Gasteiger partial charge in [-0.3, -0.25) is 0 Å². The van der Waals surface area contributed by atoms with Gasteiger partial charge in [0.2, 0.25) is 0 Å². The maximum absolute atomic E-state index is 3.44. The lowest BCUT2D eigenvalue weighted by atomic mass is 10.0. The van der Waals surface area contributed by atoms with E-state index in [0.717, 1.165) is 19.0 Å². The Morgan fingerprint density at radius 3 is 2.25 bits per heavy atom. The van der Waals surface area contributed by atoms with Crippen LogP contribution in [0.5, 0.6) is 0 Å². The van der Waals surface area contributed by atoms with Gasteiger partial charge < -0.3 is 10.2 Å². The van der Waals surface area contributed by atoms with Crippen LogP contribution >= 0.6 is 0 Å². The molecule has 0 aromatic carbocycles. The zero-order valence-electron chi connectivity index (χ0n) is 9.22. The summed E-state index contributed by atoms with van der Waals surface area (Å²) in [6.45, 7) is 9.05. The van der Waals surface area contributed by atoms with E-state index in [9.17, 15) is 0 Å². The molecule has 0 spiro atoms. The van der Waals surface area contributed by atoms with Crippen LogP contribution in [0.4, 0.5) is 0 Å². The van der Waals surface area contributed by atoms with E-state index < -0.39 is 0 Å². The van der Waals surface area contributed by atoms with Crippen LogP contribution in [0.2, 0.25) is 0 Å². The molecule has 0 heterocycles. The third kappa shape index (κ3) is 4.73. The molecule has 74 valence electrons. The second-order valence-electron chi connectivity index (χ2n) is 3.89. The molecule has 0 fully saturated rings. The zero-order valence-corrected chi connectivity index (χ0v) is 9.22. The highest BCUT2D eigenvalue weighted by atomic mass is 15.1. The van der Waals surface area contributed by atoms with Crippen LogP contribution in [0, 0.1) is 5.92 Å². The second-order valence-corrected chi connectivity index (χ2v) is 3.89. The van der Waals surface area contributed by atoms with Crippen molar-refractivity contribution in [2.24, 2.45) is 5.92 Å². The normalized spacial score (nSPS) is 16.5. The molecule has 0 aliphatic heterocycles. The fourth-order valence-corrected chi connectivity index (χ4v) is 1.19. The molecule has 12 heavy (non-hydrogen) atoms. The summed E-state index contributed by atoms with van der Waals surface area (Å²) in [5.41, 5.74) is 0. The average Bonchev–Trinajstić information content (AvgIpc) is 2.03. The minimum Gasteiger partial charge on any atom is -0.316 e. The lowest BCUT2D eigenvalue weighted by molar-refractivity contribution is 0.234. The molecule has 2 heteroatoms. The van der Waals surface area contributed by atoms with Crippen LogP contribution in [0.3, 0.4) is 0 Å². The van der Waals surface area contributed by atoms with Crippen LogP contribution in [-0.2, 0) is 0 Å². The Labute approximate surface area is 77.3 Å². The van der Waals surface area contributed by atoms with Crippen molar-refractivity contribution < 1.29 is 0 Å².